The van der Waals surface area contributed by atoms with Crippen LogP contribution in [0.4, 0.5) is 0 Å². The maximum Gasteiger partial charge on any atom is 0.320 e. The van der Waals surface area contributed by atoms with Gasteiger partial charge in [-0.1, -0.05) is 55.7 Å². The van der Waals surface area contributed by atoms with E-state index in [0.29, 0.717) is 37.6 Å². The quantitative estimate of drug-likeness (QED) is 0.0622. The van der Waals surface area contributed by atoms with Crippen LogP contribution in [0.1, 0.15) is 120 Å². The second-order valence-electron chi connectivity index (χ2n) is 13.1. The van der Waals surface area contributed by atoms with Crippen LogP contribution in [-0.4, -0.2) is 62.3 Å². The van der Waals surface area contributed by atoms with Gasteiger partial charge in [0.15, 0.2) is 0 Å². The molecule has 0 bridgehead atoms. The van der Waals surface area contributed by atoms with Crippen molar-refractivity contribution >= 4 is 17.9 Å². The maximum absolute atomic E-state index is 12.6. The second kappa shape index (κ2) is 25.0. The Morgan fingerprint density at radius 2 is 0.744 bits per heavy atom. The maximum atomic E-state index is 12.6. The van der Waals surface area contributed by atoms with Gasteiger partial charge in [0.25, 0.3) is 0 Å². The number of rotatable bonds is 24. The fourth-order valence-electron chi connectivity index (χ4n) is 4.38. The van der Waals surface area contributed by atoms with E-state index < -0.39 is 17.9 Å². The SMILES string of the molecule is CC(C)=CCCC(C)CCOC(=O)CN(CC(=O)OCCC(C)CCC=C(C)C)CC(=O)OCCC(C)CCC=C(C)C. The van der Waals surface area contributed by atoms with E-state index >= 15 is 0 Å². The number of nitrogens with zero attached hydrogens (tertiary/aromatic N) is 1. The van der Waals surface area contributed by atoms with Crippen molar-refractivity contribution in [2.45, 2.75) is 120 Å². The minimum Gasteiger partial charge on any atom is -0.465 e. The van der Waals surface area contributed by atoms with Gasteiger partial charge in [0.2, 0.25) is 0 Å². The largest absolute Gasteiger partial charge is 0.465 e. The van der Waals surface area contributed by atoms with Gasteiger partial charge in [0.1, 0.15) is 0 Å². The van der Waals surface area contributed by atoms with E-state index in [-0.39, 0.29) is 19.6 Å². The lowest BCUT2D eigenvalue weighted by atomic mass is 10.0. The summed E-state index contributed by atoms with van der Waals surface area (Å²) in [6.07, 6.45) is 15.1. The van der Waals surface area contributed by atoms with Crippen molar-refractivity contribution in [1.82, 2.24) is 4.90 Å². The van der Waals surface area contributed by atoms with Gasteiger partial charge in [-0.25, -0.2) is 0 Å². The Hall–Kier alpha value is -2.41. The summed E-state index contributed by atoms with van der Waals surface area (Å²) < 4.78 is 16.4. The number of hydrogen-bond donors (Lipinski definition) is 0. The average molecular weight is 606 g/mol. The molecule has 0 aliphatic rings. The predicted octanol–water partition coefficient (Wildman–Crippen LogP) is 8.24. The first-order valence-electron chi connectivity index (χ1n) is 16.4. The summed E-state index contributed by atoms with van der Waals surface area (Å²) in [5.41, 5.74) is 3.91. The Kier molecular flexibility index (Phi) is 23.6. The Balaban J connectivity index is 4.82. The van der Waals surface area contributed by atoms with Crippen molar-refractivity contribution < 1.29 is 28.6 Å². The lowest BCUT2D eigenvalue weighted by Gasteiger charge is -2.20. The molecule has 43 heavy (non-hydrogen) atoms. The average Bonchev–Trinajstić information content (AvgIpc) is 2.87. The van der Waals surface area contributed by atoms with E-state index in [1.165, 1.54) is 21.6 Å². The van der Waals surface area contributed by atoms with Crippen LogP contribution < -0.4 is 0 Å². The Morgan fingerprint density at radius 3 is 0.977 bits per heavy atom. The number of carbonyl (C=O) groups is 3. The molecule has 0 spiro atoms. The van der Waals surface area contributed by atoms with E-state index in [1.54, 1.807) is 0 Å². The minimum absolute atomic E-state index is 0.172. The smallest absolute Gasteiger partial charge is 0.320 e. The molecule has 0 N–H and O–H groups in total. The zero-order valence-corrected chi connectivity index (χ0v) is 29.0. The molecule has 0 aliphatic heterocycles. The van der Waals surface area contributed by atoms with Gasteiger partial charge in [-0.3, -0.25) is 19.3 Å². The van der Waals surface area contributed by atoms with Gasteiger partial charge >= 0.3 is 17.9 Å². The highest BCUT2D eigenvalue weighted by atomic mass is 16.5. The van der Waals surface area contributed by atoms with Crippen LogP contribution in [0.25, 0.3) is 0 Å². The van der Waals surface area contributed by atoms with Crippen LogP contribution in [-0.2, 0) is 28.6 Å². The summed E-state index contributed by atoms with van der Waals surface area (Å²) in [6.45, 7) is 19.4. The summed E-state index contributed by atoms with van der Waals surface area (Å²) in [6, 6.07) is 0. The van der Waals surface area contributed by atoms with Gasteiger partial charge in [-0.15, -0.1) is 0 Å². The first-order chi connectivity index (χ1) is 20.3. The van der Waals surface area contributed by atoms with Crippen LogP contribution >= 0.6 is 0 Å². The molecule has 0 heterocycles. The lowest BCUT2D eigenvalue weighted by Crippen LogP contribution is -2.40. The van der Waals surface area contributed by atoms with Gasteiger partial charge in [-0.05, 0) is 117 Å². The van der Waals surface area contributed by atoms with E-state index in [2.05, 4.69) is 80.5 Å². The first kappa shape index (κ1) is 40.6. The molecule has 0 aromatic rings. The molecular formula is C36H63NO6. The number of esters is 3. The third-order valence-corrected chi connectivity index (χ3v) is 7.32. The fraction of sp³-hybridized carbons (Fsp3) is 0.750. The highest BCUT2D eigenvalue weighted by Crippen LogP contribution is 2.14. The Morgan fingerprint density at radius 1 is 0.488 bits per heavy atom. The van der Waals surface area contributed by atoms with E-state index in [1.807, 2.05) is 0 Å². The van der Waals surface area contributed by atoms with Crippen molar-refractivity contribution in [2.75, 3.05) is 39.5 Å². The van der Waals surface area contributed by atoms with E-state index in [0.717, 1.165) is 57.8 Å². The van der Waals surface area contributed by atoms with E-state index in [4.69, 9.17) is 14.2 Å². The third kappa shape index (κ3) is 26.9. The molecule has 3 unspecified atom stereocenters. The summed E-state index contributed by atoms with van der Waals surface area (Å²) >= 11 is 0. The fourth-order valence-corrected chi connectivity index (χ4v) is 4.38. The number of hydrogen-bond acceptors (Lipinski definition) is 7. The summed E-state index contributed by atoms with van der Waals surface area (Å²) in [5, 5.41) is 0. The molecule has 0 amide bonds. The number of ether oxygens (including phenoxy) is 3. The molecule has 0 fully saturated rings. The zero-order valence-electron chi connectivity index (χ0n) is 29.0. The zero-order chi connectivity index (χ0) is 32.6. The second-order valence-corrected chi connectivity index (χ2v) is 13.1. The molecule has 248 valence electrons. The number of allylic oxidation sites excluding steroid dienone is 6. The first-order valence-corrected chi connectivity index (χ1v) is 16.4. The molecule has 3 atom stereocenters. The Bertz CT molecular complexity index is 764. The molecule has 0 saturated heterocycles. The third-order valence-electron chi connectivity index (χ3n) is 7.32. The number of carbonyl (C=O) groups excluding carboxylic acids is 3. The van der Waals surface area contributed by atoms with E-state index in [9.17, 15) is 14.4 Å². The normalized spacial score (nSPS) is 13.0. The van der Waals surface area contributed by atoms with Crippen molar-refractivity contribution in [3.63, 3.8) is 0 Å². The van der Waals surface area contributed by atoms with Gasteiger partial charge in [-0.2, -0.15) is 0 Å². The Labute approximate surface area is 263 Å². The topological polar surface area (TPSA) is 82.1 Å². The van der Waals surface area contributed by atoms with Crippen LogP contribution in [0.2, 0.25) is 0 Å². The van der Waals surface area contributed by atoms with Crippen molar-refractivity contribution in [3.05, 3.63) is 34.9 Å². The summed E-state index contributed by atoms with van der Waals surface area (Å²) in [7, 11) is 0. The molecule has 0 aromatic heterocycles. The van der Waals surface area contributed by atoms with Crippen LogP contribution in [0.5, 0.6) is 0 Å². The predicted molar refractivity (Wildman–Crippen MR) is 177 cm³/mol. The molecule has 0 saturated carbocycles. The monoisotopic (exact) mass is 605 g/mol. The van der Waals surface area contributed by atoms with Crippen LogP contribution in [0.3, 0.4) is 0 Å². The molecule has 7 nitrogen and oxygen atoms in total. The molecule has 0 rings (SSSR count). The minimum atomic E-state index is -0.460. The highest BCUT2D eigenvalue weighted by Gasteiger charge is 2.21. The molecule has 0 aliphatic carbocycles. The van der Waals surface area contributed by atoms with Gasteiger partial charge in [0.05, 0.1) is 39.5 Å². The lowest BCUT2D eigenvalue weighted by molar-refractivity contribution is -0.152. The summed E-state index contributed by atoms with van der Waals surface area (Å²) in [4.78, 5) is 39.3. The summed E-state index contributed by atoms with van der Waals surface area (Å²) in [5.74, 6) is -0.0940. The van der Waals surface area contributed by atoms with Gasteiger partial charge in [0, 0.05) is 0 Å². The van der Waals surface area contributed by atoms with Crippen LogP contribution in [0.15, 0.2) is 34.9 Å². The van der Waals surface area contributed by atoms with Crippen molar-refractivity contribution in [3.8, 4) is 0 Å². The molecular weight excluding hydrogens is 542 g/mol. The van der Waals surface area contributed by atoms with Crippen LogP contribution in [0, 0.1) is 17.8 Å². The highest BCUT2D eigenvalue weighted by molar-refractivity contribution is 5.78. The van der Waals surface area contributed by atoms with Crippen molar-refractivity contribution in [2.24, 2.45) is 17.8 Å². The molecule has 7 heteroatoms. The molecule has 0 radical (unpaired) electrons. The standard InChI is InChI=1S/C36H63NO6/c1-28(2)13-10-16-31(7)19-22-41-34(38)25-37(26-35(39)42-23-20-32(8)17-11-14-29(3)4)27-36(40)43-24-21-33(9)18-12-15-30(5)6/h13-15,31-33H,10-12,16-27H2,1-9H3. The molecule has 0 aromatic carbocycles. The van der Waals surface area contributed by atoms with Gasteiger partial charge < -0.3 is 14.2 Å². The van der Waals surface area contributed by atoms with Crippen molar-refractivity contribution in [1.29, 1.82) is 0 Å².